The molecule has 1 atom stereocenters. The van der Waals surface area contributed by atoms with Gasteiger partial charge in [0.2, 0.25) is 0 Å². The molecule has 7 heteroatoms. The molecule has 1 fully saturated rings. The van der Waals surface area contributed by atoms with E-state index in [0.29, 0.717) is 18.0 Å². The number of thioether (sulfide) groups is 1. The summed E-state index contributed by atoms with van der Waals surface area (Å²) in [5, 5.41) is 6.06. The lowest BCUT2D eigenvalue weighted by Crippen LogP contribution is -2.26. The van der Waals surface area contributed by atoms with Gasteiger partial charge in [0.25, 0.3) is 5.91 Å². The summed E-state index contributed by atoms with van der Waals surface area (Å²) >= 11 is -0.183. The van der Waals surface area contributed by atoms with Crippen LogP contribution in [0, 0.1) is 5.92 Å². The highest BCUT2D eigenvalue weighted by atomic mass is 32.2. The van der Waals surface area contributed by atoms with Crippen LogP contribution in [-0.4, -0.2) is 31.0 Å². The van der Waals surface area contributed by atoms with E-state index in [1.807, 2.05) is 0 Å². The quantitative estimate of drug-likeness (QED) is 0.820. The van der Waals surface area contributed by atoms with Crippen LogP contribution in [0.5, 0.6) is 0 Å². The first-order valence-electron chi connectivity index (χ1n) is 6.79. The minimum Gasteiger partial charge on any atom is -0.352 e. The predicted octanol–water partition coefficient (Wildman–Crippen LogP) is 3.03. The SMILES string of the molecule is O=C(NCCC1CCNC1)c1ccc(SC(F)(F)F)cc1. The van der Waals surface area contributed by atoms with Crippen LogP contribution in [0.1, 0.15) is 23.2 Å². The normalized spacial score (nSPS) is 18.7. The fraction of sp³-hybridized carbons (Fsp3) is 0.500. The van der Waals surface area contributed by atoms with Gasteiger partial charge in [0, 0.05) is 17.0 Å². The second-order valence-electron chi connectivity index (χ2n) is 4.98. The minimum atomic E-state index is -4.31. The van der Waals surface area contributed by atoms with Gasteiger partial charge in [-0.25, -0.2) is 0 Å². The standard InChI is InChI=1S/C14H17F3N2OS/c15-14(16,17)21-12-3-1-11(2-4-12)13(20)19-8-6-10-5-7-18-9-10/h1-4,10,18H,5-9H2,(H,19,20). The second-order valence-corrected chi connectivity index (χ2v) is 6.11. The highest BCUT2D eigenvalue weighted by molar-refractivity contribution is 8.00. The number of alkyl halides is 3. The van der Waals surface area contributed by atoms with Gasteiger partial charge in [-0.3, -0.25) is 4.79 Å². The second kappa shape index (κ2) is 7.17. The van der Waals surface area contributed by atoms with Crippen molar-refractivity contribution in [2.75, 3.05) is 19.6 Å². The molecule has 1 unspecified atom stereocenters. The van der Waals surface area contributed by atoms with Crippen LogP contribution in [0.4, 0.5) is 13.2 Å². The Morgan fingerprint density at radius 3 is 2.62 bits per heavy atom. The molecule has 2 rings (SSSR count). The number of carbonyl (C=O) groups is 1. The van der Waals surface area contributed by atoms with E-state index in [0.717, 1.165) is 25.9 Å². The monoisotopic (exact) mass is 318 g/mol. The molecule has 1 aromatic carbocycles. The molecule has 0 aliphatic carbocycles. The van der Waals surface area contributed by atoms with Gasteiger partial charge in [-0.1, -0.05) is 0 Å². The van der Waals surface area contributed by atoms with E-state index in [1.54, 1.807) is 0 Å². The summed E-state index contributed by atoms with van der Waals surface area (Å²) in [4.78, 5) is 11.9. The molecule has 1 aliphatic heterocycles. The van der Waals surface area contributed by atoms with Crippen molar-refractivity contribution in [2.45, 2.75) is 23.2 Å². The van der Waals surface area contributed by atoms with E-state index in [4.69, 9.17) is 0 Å². The Balaban J connectivity index is 1.79. The molecule has 1 aliphatic rings. The molecule has 21 heavy (non-hydrogen) atoms. The number of rotatable bonds is 5. The first-order chi connectivity index (χ1) is 9.94. The Morgan fingerprint density at radius 2 is 2.05 bits per heavy atom. The van der Waals surface area contributed by atoms with Crippen molar-refractivity contribution < 1.29 is 18.0 Å². The van der Waals surface area contributed by atoms with Gasteiger partial charge in [-0.05, 0) is 67.9 Å². The van der Waals surface area contributed by atoms with E-state index in [-0.39, 0.29) is 22.6 Å². The molecule has 2 N–H and O–H groups in total. The average molecular weight is 318 g/mol. The Labute approximate surface area is 125 Å². The molecule has 0 aromatic heterocycles. The number of amides is 1. The molecule has 0 saturated carbocycles. The lowest BCUT2D eigenvalue weighted by molar-refractivity contribution is -0.0328. The maximum absolute atomic E-state index is 12.2. The summed E-state index contributed by atoms with van der Waals surface area (Å²) in [6.07, 6.45) is 2.04. The lowest BCUT2D eigenvalue weighted by Gasteiger charge is -2.10. The summed E-state index contributed by atoms with van der Waals surface area (Å²) in [7, 11) is 0. The summed E-state index contributed by atoms with van der Waals surface area (Å²) in [5.74, 6) is 0.348. The Hall–Kier alpha value is -1.21. The zero-order valence-electron chi connectivity index (χ0n) is 11.4. The van der Waals surface area contributed by atoms with E-state index in [9.17, 15) is 18.0 Å². The van der Waals surface area contributed by atoms with E-state index < -0.39 is 5.51 Å². The van der Waals surface area contributed by atoms with Crippen molar-refractivity contribution in [3.8, 4) is 0 Å². The number of hydrogen-bond acceptors (Lipinski definition) is 3. The topological polar surface area (TPSA) is 41.1 Å². The Kier molecular flexibility index (Phi) is 5.52. The third-order valence-electron chi connectivity index (χ3n) is 3.35. The number of carbonyl (C=O) groups excluding carboxylic acids is 1. The summed E-state index contributed by atoms with van der Waals surface area (Å²) < 4.78 is 36.6. The van der Waals surface area contributed by atoms with Crippen LogP contribution in [0.2, 0.25) is 0 Å². The highest BCUT2D eigenvalue weighted by Gasteiger charge is 2.29. The first-order valence-corrected chi connectivity index (χ1v) is 7.60. The third-order valence-corrected chi connectivity index (χ3v) is 4.09. The van der Waals surface area contributed by atoms with Gasteiger partial charge in [0.05, 0.1) is 0 Å². The van der Waals surface area contributed by atoms with Crippen molar-refractivity contribution in [2.24, 2.45) is 5.92 Å². The maximum atomic E-state index is 12.2. The molecule has 1 aromatic rings. The maximum Gasteiger partial charge on any atom is 0.446 e. The summed E-state index contributed by atoms with van der Waals surface area (Å²) in [5.41, 5.74) is -3.93. The Morgan fingerprint density at radius 1 is 1.33 bits per heavy atom. The smallest absolute Gasteiger partial charge is 0.352 e. The lowest BCUT2D eigenvalue weighted by atomic mass is 10.1. The molecular weight excluding hydrogens is 301 g/mol. The number of hydrogen-bond donors (Lipinski definition) is 2. The molecule has 0 spiro atoms. The van der Waals surface area contributed by atoms with Crippen LogP contribution in [-0.2, 0) is 0 Å². The molecule has 0 bridgehead atoms. The van der Waals surface area contributed by atoms with E-state index in [2.05, 4.69) is 10.6 Å². The van der Waals surface area contributed by atoms with Crippen molar-refractivity contribution in [3.05, 3.63) is 29.8 Å². The number of nitrogens with one attached hydrogen (secondary N) is 2. The fourth-order valence-corrected chi connectivity index (χ4v) is 2.80. The largest absolute Gasteiger partial charge is 0.446 e. The zero-order chi connectivity index (χ0) is 15.3. The first kappa shape index (κ1) is 16.2. The van der Waals surface area contributed by atoms with E-state index >= 15 is 0 Å². The Bertz CT molecular complexity index is 470. The predicted molar refractivity (Wildman–Crippen MR) is 76.3 cm³/mol. The summed E-state index contributed by atoms with van der Waals surface area (Å²) in [6, 6.07) is 5.46. The van der Waals surface area contributed by atoms with Crippen molar-refractivity contribution >= 4 is 17.7 Å². The third kappa shape index (κ3) is 5.59. The van der Waals surface area contributed by atoms with Crippen molar-refractivity contribution in [1.82, 2.24) is 10.6 Å². The van der Waals surface area contributed by atoms with Gasteiger partial charge in [0.1, 0.15) is 0 Å². The molecule has 3 nitrogen and oxygen atoms in total. The molecule has 0 radical (unpaired) electrons. The summed E-state index contributed by atoms with van der Waals surface area (Å²) in [6.45, 7) is 2.60. The number of halogens is 3. The van der Waals surface area contributed by atoms with Gasteiger partial charge in [-0.2, -0.15) is 13.2 Å². The average Bonchev–Trinajstić information content (AvgIpc) is 2.91. The van der Waals surface area contributed by atoms with E-state index in [1.165, 1.54) is 24.3 Å². The molecule has 1 heterocycles. The van der Waals surface area contributed by atoms with Crippen LogP contribution in [0.25, 0.3) is 0 Å². The van der Waals surface area contributed by atoms with Crippen molar-refractivity contribution in [1.29, 1.82) is 0 Å². The number of benzene rings is 1. The van der Waals surface area contributed by atoms with Crippen LogP contribution >= 0.6 is 11.8 Å². The highest BCUT2D eigenvalue weighted by Crippen LogP contribution is 2.36. The van der Waals surface area contributed by atoms with Gasteiger partial charge in [-0.15, -0.1) is 0 Å². The van der Waals surface area contributed by atoms with Crippen LogP contribution < -0.4 is 10.6 Å². The minimum absolute atomic E-state index is 0.0797. The van der Waals surface area contributed by atoms with Gasteiger partial charge in [0.15, 0.2) is 0 Å². The van der Waals surface area contributed by atoms with Crippen LogP contribution in [0.15, 0.2) is 29.2 Å². The molecular formula is C14H17F3N2OS. The fourth-order valence-electron chi connectivity index (χ4n) is 2.26. The molecule has 116 valence electrons. The van der Waals surface area contributed by atoms with Gasteiger partial charge >= 0.3 is 5.51 Å². The molecule has 1 amide bonds. The molecule has 1 saturated heterocycles. The van der Waals surface area contributed by atoms with Crippen molar-refractivity contribution in [3.63, 3.8) is 0 Å². The zero-order valence-corrected chi connectivity index (χ0v) is 12.2. The van der Waals surface area contributed by atoms with Crippen LogP contribution in [0.3, 0.4) is 0 Å². The van der Waals surface area contributed by atoms with Gasteiger partial charge < -0.3 is 10.6 Å².